The molecule has 0 unspecified atom stereocenters. The van der Waals surface area contributed by atoms with E-state index >= 15 is 0 Å². The molecule has 0 aliphatic carbocycles. The molecule has 2 aliphatic rings. The van der Waals surface area contributed by atoms with Gasteiger partial charge in [0.15, 0.2) is 0 Å². The van der Waals surface area contributed by atoms with Crippen molar-refractivity contribution >= 4 is 23.3 Å². The van der Waals surface area contributed by atoms with Gasteiger partial charge in [-0.05, 0) is 38.9 Å². The maximum absolute atomic E-state index is 12.7. The zero-order valence-corrected chi connectivity index (χ0v) is 13.5. The Kier molecular flexibility index (Phi) is 4.76. The third-order valence-electron chi connectivity index (χ3n) is 4.38. The molecular formula is C16H23N5O2. The van der Waals surface area contributed by atoms with Gasteiger partial charge in [-0.25, -0.2) is 4.98 Å². The van der Waals surface area contributed by atoms with Crippen molar-refractivity contribution in [3.8, 4) is 0 Å². The van der Waals surface area contributed by atoms with Crippen molar-refractivity contribution in [2.75, 3.05) is 49.9 Å². The number of amides is 2. The van der Waals surface area contributed by atoms with Crippen LogP contribution in [0.4, 0.5) is 11.5 Å². The lowest BCUT2D eigenvalue weighted by atomic mass is 10.2. The fourth-order valence-electron chi connectivity index (χ4n) is 3.03. The topological polar surface area (TPSA) is 77.6 Å². The third-order valence-corrected chi connectivity index (χ3v) is 4.38. The summed E-state index contributed by atoms with van der Waals surface area (Å²) < 4.78 is 0. The summed E-state index contributed by atoms with van der Waals surface area (Å²) in [5, 5.41) is 5.68. The van der Waals surface area contributed by atoms with Gasteiger partial charge >= 0.3 is 0 Å². The standard InChI is InChI=1S/C16H23N5O2/c1-2-21(8-7-20-5-3-4-6-20)16(23)12-9-13-15(17-10-12)18-11-14(22)19-13/h9-10H,2-8,11H2,1H3,(H,17,18)(H,19,22). The van der Waals surface area contributed by atoms with Crippen LogP contribution < -0.4 is 10.6 Å². The number of nitrogens with one attached hydrogen (secondary N) is 2. The van der Waals surface area contributed by atoms with Crippen LogP contribution in [0.5, 0.6) is 0 Å². The predicted molar refractivity (Wildman–Crippen MR) is 88.6 cm³/mol. The highest BCUT2D eigenvalue weighted by Gasteiger charge is 2.21. The Morgan fingerprint density at radius 1 is 1.39 bits per heavy atom. The Hall–Kier alpha value is -2.15. The molecule has 1 aromatic rings. The molecule has 3 rings (SSSR count). The fourth-order valence-corrected chi connectivity index (χ4v) is 3.03. The maximum atomic E-state index is 12.7. The molecule has 7 heteroatoms. The monoisotopic (exact) mass is 317 g/mol. The second kappa shape index (κ2) is 6.95. The van der Waals surface area contributed by atoms with E-state index in [9.17, 15) is 9.59 Å². The largest absolute Gasteiger partial charge is 0.359 e. The highest BCUT2D eigenvalue weighted by Crippen LogP contribution is 2.23. The number of likely N-dealkylation sites (tertiary alicyclic amines) is 1. The van der Waals surface area contributed by atoms with Gasteiger partial charge in [0.2, 0.25) is 5.91 Å². The molecule has 7 nitrogen and oxygen atoms in total. The van der Waals surface area contributed by atoms with Crippen LogP contribution in [0.25, 0.3) is 0 Å². The summed E-state index contributed by atoms with van der Waals surface area (Å²) in [6.07, 6.45) is 4.08. The quantitative estimate of drug-likeness (QED) is 0.847. The number of pyridine rings is 1. The maximum Gasteiger partial charge on any atom is 0.255 e. The molecule has 23 heavy (non-hydrogen) atoms. The summed E-state index contributed by atoms with van der Waals surface area (Å²) in [7, 11) is 0. The van der Waals surface area contributed by atoms with Gasteiger partial charge in [0.1, 0.15) is 5.82 Å². The minimum Gasteiger partial charge on any atom is -0.359 e. The van der Waals surface area contributed by atoms with Crippen LogP contribution in [0.1, 0.15) is 30.1 Å². The van der Waals surface area contributed by atoms with Crippen LogP contribution in [0.3, 0.4) is 0 Å². The van der Waals surface area contributed by atoms with Crippen LogP contribution in [-0.4, -0.2) is 65.9 Å². The Bertz CT molecular complexity index is 598. The first-order valence-electron chi connectivity index (χ1n) is 8.23. The second-order valence-electron chi connectivity index (χ2n) is 5.96. The van der Waals surface area contributed by atoms with Gasteiger partial charge in [-0.15, -0.1) is 0 Å². The van der Waals surface area contributed by atoms with Gasteiger partial charge in [-0.2, -0.15) is 0 Å². The van der Waals surface area contributed by atoms with Crippen LogP contribution in [0.2, 0.25) is 0 Å². The number of aromatic nitrogens is 1. The lowest BCUT2D eigenvalue weighted by Crippen LogP contribution is -2.38. The van der Waals surface area contributed by atoms with Crippen molar-refractivity contribution in [3.63, 3.8) is 0 Å². The van der Waals surface area contributed by atoms with Crippen molar-refractivity contribution in [1.82, 2.24) is 14.8 Å². The summed E-state index contributed by atoms with van der Waals surface area (Å²) in [6.45, 7) is 6.75. The SMILES string of the molecule is CCN(CCN1CCCC1)C(=O)c1cnc2c(c1)NC(=O)CN2. The van der Waals surface area contributed by atoms with Crippen LogP contribution in [0.15, 0.2) is 12.3 Å². The first-order chi connectivity index (χ1) is 11.2. The number of carbonyl (C=O) groups excluding carboxylic acids is 2. The highest BCUT2D eigenvalue weighted by molar-refractivity contribution is 6.02. The highest BCUT2D eigenvalue weighted by atomic mass is 16.2. The lowest BCUT2D eigenvalue weighted by Gasteiger charge is -2.25. The molecule has 2 N–H and O–H groups in total. The van der Waals surface area contributed by atoms with Crippen LogP contribution in [-0.2, 0) is 4.79 Å². The Morgan fingerprint density at radius 3 is 2.91 bits per heavy atom. The number of anilines is 2. The van der Waals surface area contributed by atoms with Gasteiger partial charge in [0.05, 0.1) is 17.8 Å². The molecule has 1 aromatic heterocycles. The number of rotatable bonds is 5. The van der Waals surface area contributed by atoms with E-state index in [1.165, 1.54) is 12.8 Å². The molecule has 0 aromatic carbocycles. The number of fused-ring (bicyclic) bond motifs is 1. The Morgan fingerprint density at radius 2 is 2.17 bits per heavy atom. The van der Waals surface area contributed by atoms with Gasteiger partial charge in [0, 0.05) is 25.8 Å². The Balaban J connectivity index is 1.67. The summed E-state index contributed by atoms with van der Waals surface area (Å²) in [6, 6.07) is 1.70. The summed E-state index contributed by atoms with van der Waals surface area (Å²) in [5.74, 6) is 0.452. The van der Waals surface area contributed by atoms with E-state index in [-0.39, 0.29) is 18.4 Å². The van der Waals surface area contributed by atoms with Gasteiger partial charge in [0.25, 0.3) is 5.91 Å². The van der Waals surface area contributed by atoms with Gasteiger partial charge < -0.3 is 20.4 Å². The van der Waals surface area contributed by atoms with E-state index in [2.05, 4.69) is 20.5 Å². The molecule has 2 aliphatic heterocycles. The summed E-state index contributed by atoms with van der Waals surface area (Å²) >= 11 is 0. The van der Waals surface area contributed by atoms with Crippen molar-refractivity contribution in [1.29, 1.82) is 0 Å². The number of hydrogen-bond donors (Lipinski definition) is 2. The van der Waals surface area contributed by atoms with E-state index in [1.807, 2.05) is 11.8 Å². The second-order valence-corrected chi connectivity index (χ2v) is 5.96. The molecule has 0 radical (unpaired) electrons. The summed E-state index contributed by atoms with van der Waals surface area (Å²) in [4.78, 5) is 32.6. The molecule has 2 amide bonds. The average molecular weight is 317 g/mol. The van der Waals surface area contributed by atoms with E-state index in [0.29, 0.717) is 23.6 Å². The molecule has 1 saturated heterocycles. The lowest BCUT2D eigenvalue weighted by molar-refractivity contribution is -0.114. The normalized spacial score (nSPS) is 17.3. The molecule has 0 saturated carbocycles. The molecule has 0 bridgehead atoms. The van der Waals surface area contributed by atoms with Crippen LogP contribution in [0, 0.1) is 0 Å². The van der Waals surface area contributed by atoms with Crippen LogP contribution >= 0.6 is 0 Å². The van der Waals surface area contributed by atoms with Gasteiger partial charge in [-0.3, -0.25) is 9.59 Å². The molecular weight excluding hydrogens is 294 g/mol. The number of nitrogens with zero attached hydrogens (tertiary/aromatic N) is 3. The molecule has 3 heterocycles. The molecule has 0 atom stereocenters. The molecule has 124 valence electrons. The smallest absolute Gasteiger partial charge is 0.255 e. The van der Waals surface area contributed by atoms with Gasteiger partial charge in [-0.1, -0.05) is 0 Å². The average Bonchev–Trinajstić information content (AvgIpc) is 3.08. The third kappa shape index (κ3) is 3.61. The first kappa shape index (κ1) is 15.7. The number of likely N-dealkylation sites (N-methyl/N-ethyl adjacent to an activating group) is 1. The summed E-state index contributed by atoms with van der Waals surface area (Å²) in [5.41, 5.74) is 1.08. The van der Waals surface area contributed by atoms with E-state index in [1.54, 1.807) is 12.3 Å². The minimum absolute atomic E-state index is 0.0400. The van der Waals surface area contributed by atoms with Crippen molar-refractivity contribution in [3.05, 3.63) is 17.8 Å². The molecule has 1 fully saturated rings. The predicted octanol–water partition coefficient (Wildman–Crippen LogP) is 1.00. The van der Waals surface area contributed by atoms with E-state index < -0.39 is 0 Å². The number of hydrogen-bond acceptors (Lipinski definition) is 5. The fraction of sp³-hybridized carbons (Fsp3) is 0.562. The Labute approximate surface area is 136 Å². The number of carbonyl (C=O) groups is 2. The van der Waals surface area contributed by atoms with E-state index in [4.69, 9.17) is 0 Å². The van der Waals surface area contributed by atoms with E-state index in [0.717, 1.165) is 26.2 Å². The van der Waals surface area contributed by atoms with Crippen molar-refractivity contribution < 1.29 is 9.59 Å². The van der Waals surface area contributed by atoms with Crippen molar-refractivity contribution in [2.24, 2.45) is 0 Å². The van der Waals surface area contributed by atoms with Crippen molar-refractivity contribution in [2.45, 2.75) is 19.8 Å². The zero-order chi connectivity index (χ0) is 16.2. The zero-order valence-electron chi connectivity index (χ0n) is 13.5. The minimum atomic E-state index is -0.120. The molecule has 0 spiro atoms. The first-order valence-corrected chi connectivity index (χ1v) is 8.23.